The molecule has 0 bridgehead atoms. The molecule has 0 saturated heterocycles. The lowest BCUT2D eigenvalue weighted by Crippen LogP contribution is -2.41. The summed E-state index contributed by atoms with van der Waals surface area (Å²) in [7, 11) is 0. The van der Waals surface area contributed by atoms with E-state index in [2.05, 4.69) is 19.2 Å². The van der Waals surface area contributed by atoms with Crippen molar-refractivity contribution >= 4 is 5.97 Å². The standard InChI is InChI=1S/C11H23NO3/c1-4-9(10(14)15)12-8-11(2,3)6-5-7-13/h9,12-13H,4-8H2,1-3H3,(H,14,15). The SMILES string of the molecule is CCC(NCC(C)(C)CCCO)C(=O)O. The van der Waals surface area contributed by atoms with Crippen molar-refractivity contribution in [3.63, 3.8) is 0 Å². The van der Waals surface area contributed by atoms with Crippen LogP contribution in [-0.2, 0) is 4.79 Å². The molecule has 4 heteroatoms. The van der Waals surface area contributed by atoms with E-state index in [1.807, 2.05) is 6.92 Å². The van der Waals surface area contributed by atoms with Gasteiger partial charge in [0.15, 0.2) is 0 Å². The summed E-state index contributed by atoms with van der Waals surface area (Å²) in [5.74, 6) is -0.796. The molecule has 0 rings (SSSR count). The normalized spacial score (nSPS) is 13.9. The van der Waals surface area contributed by atoms with E-state index in [0.29, 0.717) is 13.0 Å². The third-order valence-electron chi connectivity index (χ3n) is 2.55. The summed E-state index contributed by atoms with van der Waals surface area (Å²) in [5, 5.41) is 20.6. The second-order valence-corrected chi connectivity index (χ2v) is 4.67. The summed E-state index contributed by atoms with van der Waals surface area (Å²) in [6.07, 6.45) is 2.25. The van der Waals surface area contributed by atoms with Crippen molar-refractivity contribution in [2.45, 2.75) is 46.1 Å². The minimum atomic E-state index is -0.796. The molecule has 1 unspecified atom stereocenters. The van der Waals surface area contributed by atoms with Crippen molar-refractivity contribution in [2.24, 2.45) is 5.41 Å². The van der Waals surface area contributed by atoms with Crippen LogP contribution in [0.25, 0.3) is 0 Å². The topological polar surface area (TPSA) is 69.6 Å². The van der Waals surface area contributed by atoms with Crippen LogP contribution in [-0.4, -0.2) is 35.4 Å². The van der Waals surface area contributed by atoms with E-state index in [9.17, 15) is 4.79 Å². The number of aliphatic hydroxyl groups is 1. The minimum absolute atomic E-state index is 0.0333. The molecule has 0 aromatic rings. The van der Waals surface area contributed by atoms with Crippen molar-refractivity contribution in [3.8, 4) is 0 Å². The molecule has 90 valence electrons. The lowest BCUT2D eigenvalue weighted by atomic mass is 9.87. The molecular weight excluding hydrogens is 194 g/mol. The highest BCUT2D eigenvalue weighted by Gasteiger charge is 2.21. The maximum atomic E-state index is 10.8. The van der Waals surface area contributed by atoms with Gasteiger partial charge in [-0.05, 0) is 24.7 Å². The summed E-state index contributed by atoms with van der Waals surface area (Å²) in [4.78, 5) is 10.8. The third kappa shape index (κ3) is 6.47. The van der Waals surface area contributed by atoms with Crippen LogP contribution in [0.4, 0.5) is 0 Å². The van der Waals surface area contributed by atoms with E-state index >= 15 is 0 Å². The van der Waals surface area contributed by atoms with E-state index in [-0.39, 0.29) is 12.0 Å². The average molecular weight is 217 g/mol. The molecule has 0 aromatic carbocycles. The first kappa shape index (κ1) is 14.4. The largest absolute Gasteiger partial charge is 0.480 e. The Morgan fingerprint density at radius 3 is 2.47 bits per heavy atom. The molecule has 0 aromatic heterocycles. The van der Waals surface area contributed by atoms with Crippen LogP contribution >= 0.6 is 0 Å². The van der Waals surface area contributed by atoms with Crippen LogP contribution in [0.2, 0.25) is 0 Å². The molecule has 0 aliphatic carbocycles. The second-order valence-electron chi connectivity index (χ2n) is 4.67. The average Bonchev–Trinajstić information content (AvgIpc) is 2.15. The van der Waals surface area contributed by atoms with Gasteiger partial charge in [-0.25, -0.2) is 0 Å². The number of nitrogens with one attached hydrogen (secondary N) is 1. The van der Waals surface area contributed by atoms with Gasteiger partial charge in [0.1, 0.15) is 6.04 Å². The zero-order chi connectivity index (χ0) is 11.9. The zero-order valence-electron chi connectivity index (χ0n) is 9.92. The van der Waals surface area contributed by atoms with Crippen LogP contribution in [0.3, 0.4) is 0 Å². The predicted molar refractivity (Wildman–Crippen MR) is 59.8 cm³/mol. The van der Waals surface area contributed by atoms with Gasteiger partial charge in [-0.3, -0.25) is 4.79 Å². The Labute approximate surface area is 91.7 Å². The summed E-state index contributed by atoms with van der Waals surface area (Å²) in [6.45, 7) is 6.86. The summed E-state index contributed by atoms with van der Waals surface area (Å²) < 4.78 is 0. The lowest BCUT2D eigenvalue weighted by molar-refractivity contribution is -0.139. The Morgan fingerprint density at radius 1 is 1.47 bits per heavy atom. The highest BCUT2D eigenvalue weighted by Crippen LogP contribution is 2.21. The van der Waals surface area contributed by atoms with Crippen molar-refractivity contribution in [3.05, 3.63) is 0 Å². The van der Waals surface area contributed by atoms with Crippen molar-refractivity contribution in [2.75, 3.05) is 13.2 Å². The van der Waals surface area contributed by atoms with Crippen LogP contribution < -0.4 is 5.32 Å². The molecule has 0 aliphatic rings. The highest BCUT2D eigenvalue weighted by molar-refractivity contribution is 5.73. The molecule has 0 spiro atoms. The minimum Gasteiger partial charge on any atom is -0.480 e. The molecule has 15 heavy (non-hydrogen) atoms. The van der Waals surface area contributed by atoms with Crippen LogP contribution in [0.1, 0.15) is 40.0 Å². The third-order valence-corrected chi connectivity index (χ3v) is 2.55. The molecule has 0 aliphatic heterocycles. The smallest absolute Gasteiger partial charge is 0.320 e. The van der Waals surface area contributed by atoms with Gasteiger partial charge in [-0.15, -0.1) is 0 Å². The maximum Gasteiger partial charge on any atom is 0.320 e. The van der Waals surface area contributed by atoms with Gasteiger partial charge in [0.05, 0.1) is 0 Å². The van der Waals surface area contributed by atoms with Crippen LogP contribution in [0.15, 0.2) is 0 Å². The number of aliphatic carboxylic acids is 1. The molecular formula is C11H23NO3. The second kappa shape index (κ2) is 6.80. The van der Waals surface area contributed by atoms with Gasteiger partial charge in [0, 0.05) is 13.2 Å². The first-order chi connectivity index (χ1) is 6.93. The molecule has 0 fully saturated rings. The van der Waals surface area contributed by atoms with Crippen molar-refractivity contribution in [1.29, 1.82) is 0 Å². The fraction of sp³-hybridized carbons (Fsp3) is 0.909. The van der Waals surface area contributed by atoms with Gasteiger partial charge in [-0.2, -0.15) is 0 Å². The number of hydrogen-bond donors (Lipinski definition) is 3. The van der Waals surface area contributed by atoms with Crippen LogP contribution in [0, 0.1) is 5.41 Å². The molecule has 0 radical (unpaired) electrons. The molecule has 3 N–H and O–H groups in total. The Hall–Kier alpha value is -0.610. The first-order valence-corrected chi connectivity index (χ1v) is 5.50. The van der Waals surface area contributed by atoms with Gasteiger partial charge < -0.3 is 15.5 Å². The quantitative estimate of drug-likeness (QED) is 0.572. The fourth-order valence-electron chi connectivity index (χ4n) is 1.45. The Morgan fingerprint density at radius 2 is 2.07 bits per heavy atom. The van der Waals surface area contributed by atoms with Crippen molar-refractivity contribution in [1.82, 2.24) is 5.32 Å². The van der Waals surface area contributed by atoms with Gasteiger partial charge in [-0.1, -0.05) is 20.8 Å². The summed E-state index contributed by atoms with van der Waals surface area (Å²) in [6, 6.07) is -0.460. The number of hydrogen-bond acceptors (Lipinski definition) is 3. The van der Waals surface area contributed by atoms with E-state index in [4.69, 9.17) is 10.2 Å². The Balaban J connectivity index is 3.94. The molecule has 0 amide bonds. The van der Waals surface area contributed by atoms with Gasteiger partial charge in [0.25, 0.3) is 0 Å². The Kier molecular flexibility index (Phi) is 6.52. The van der Waals surface area contributed by atoms with E-state index < -0.39 is 12.0 Å². The zero-order valence-corrected chi connectivity index (χ0v) is 9.92. The molecule has 1 atom stereocenters. The molecule has 0 saturated carbocycles. The number of carbonyl (C=O) groups is 1. The maximum absolute atomic E-state index is 10.8. The molecule has 0 heterocycles. The monoisotopic (exact) mass is 217 g/mol. The van der Waals surface area contributed by atoms with Crippen LogP contribution in [0.5, 0.6) is 0 Å². The van der Waals surface area contributed by atoms with E-state index in [0.717, 1.165) is 12.8 Å². The highest BCUT2D eigenvalue weighted by atomic mass is 16.4. The molecule has 4 nitrogen and oxygen atoms in total. The number of carboxylic acids is 1. The predicted octanol–water partition coefficient (Wildman–Crippen LogP) is 1.24. The number of aliphatic hydroxyl groups excluding tert-OH is 1. The fourth-order valence-corrected chi connectivity index (χ4v) is 1.45. The van der Waals surface area contributed by atoms with Gasteiger partial charge >= 0.3 is 5.97 Å². The van der Waals surface area contributed by atoms with Gasteiger partial charge in [0.2, 0.25) is 0 Å². The lowest BCUT2D eigenvalue weighted by Gasteiger charge is -2.26. The summed E-state index contributed by atoms with van der Waals surface area (Å²) in [5.41, 5.74) is 0.0333. The van der Waals surface area contributed by atoms with E-state index in [1.54, 1.807) is 0 Å². The first-order valence-electron chi connectivity index (χ1n) is 5.50. The summed E-state index contributed by atoms with van der Waals surface area (Å²) >= 11 is 0. The van der Waals surface area contributed by atoms with Crippen molar-refractivity contribution < 1.29 is 15.0 Å². The number of rotatable bonds is 8. The number of carboxylic acid groups (broad SMARTS) is 1. The van der Waals surface area contributed by atoms with E-state index in [1.165, 1.54) is 0 Å². The Bertz CT molecular complexity index is 192.